The summed E-state index contributed by atoms with van der Waals surface area (Å²) >= 11 is 0. The summed E-state index contributed by atoms with van der Waals surface area (Å²) in [5.74, 6) is 1.63. The molecule has 1 aliphatic heterocycles. The molecule has 120 valence electrons. The summed E-state index contributed by atoms with van der Waals surface area (Å²) in [6.45, 7) is 2.43. The van der Waals surface area contributed by atoms with Gasteiger partial charge in [0, 0.05) is 13.1 Å². The lowest BCUT2D eigenvalue weighted by Gasteiger charge is -2.40. The molecule has 3 aliphatic rings. The van der Waals surface area contributed by atoms with Crippen LogP contribution in [0.1, 0.15) is 64.2 Å². The molecule has 3 rings (SSSR count). The number of ether oxygens (including phenoxy) is 1. The second-order valence-corrected chi connectivity index (χ2v) is 7.55. The zero-order valence-corrected chi connectivity index (χ0v) is 13.8. The Morgan fingerprint density at radius 1 is 0.905 bits per heavy atom. The van der Waals surface area contributed by atoms with Crippen molar-refractivity contribution < 1.29 is 4.74 Å². The molecule has 1 saturated heterocycles. The van der Waals surface area contributed by atoms with E-state index in [1.165, 1.54) is 77.3 Å². The molecule has 2 atom stereocenters. The quantitative estimate of drug-likeness (QED) is 0.712. The Morgan fingerprint density at radius 2 is 1.67 bits per heavy atom. The Hall–Kier alpha value is -0.340. The van der Waals surface area contributed by atoms with Crippen LogP contribution in [0.3, 0.4) is 0 Å². The van der Waals surface area contributed by atoms with Gasteiger partial charge in [0.25, 0.3) is 0 Å². The molecule has 21 heavy (non-hydrogen) atoms. The van der Waals surface area contributed by atoms with Crippen molar-refractivity contribution >= 4 is 0 Å². The first kappa shape index (κ1) is 15.6. The van der Waals surface area contributed by atoms with E-state index in [1.54, 1.807) is 0 Å². The molecule has 0 aromatic carbocycles. The van der Waals surface area contributed by atoms with E-state index in [-0.39, 0.29) is 0 Å². The summed E-state index contributed by atoms with van der Waals surface area (Å²) in [5, 5.41) is 0. The van der Waals surface area contributed by atoms with Gasteiger partial charge < -0.3 is 9.64 Å². The maximum absolute atomic E-state index is 6.76. The van der Waals surface area contributed by atoms with E-state index in [4.69, 9.17) is 4.74 Å². The van der Waals surface area contributed by atoms with Crippen molar-refractivity contribution in [2.45, 2.75) is 76.4 Å². The molecule has 2 nitrogen and oxygen atoms in total. The summed E-state index contributed by atoms with van der Waals surface area (Å²) in [5.41, 5.74) is 0. The molecule has 0 amide bonds. The summed E-state index contributed by atoms with van der Waals surface area (Å²) < 4.78 is 6.76. The topological polar surface area (TPSA) is 12.5 Å². The maximum Gasteiger partial charge on any atom is 0.0638 e. The Morgan fingerprint density at radius 3 is 2.33 bits per heavy atom. The van der Waals surface area contributed by atoms with Gasteiger partial charge in [-0.25, -0.2) is 0 Å². The lowest BCUT2D eigenvalue weighted by molar-refractivity contribution is -0.0984. The fraction of sp³-hybridized carbons (Fsp3) is 0.895. The van der Waals surface area contributed by atoms with Crippen LogP contribution in [0.2, 0.25) is 0 Å². The molecule has 2 heteroatoms. The van der Waals surface area contributed by atoms with Gasteiger partial charge in [0.05, 0.1) is 12.2 Å². The van der Waals surface area contributed by atoms with Crippen LogP contribution >= 0.6 is 0 Å². The fourth-order valence-corrected chi connectivity index (χ4v) is 4.53. The van der Waals surface area contributed by atoms with Gasteiger partial charge in [0.15, 0.2) is 0 Å². The number of rotatable bonds is 4. The summed E-state index contributed by atoms with van der Waals surface area (Å²) in [7, 11) is 2.24. The zero-order valence-electron chi connectivity index (χ0n) is 13.8. The number of piperidine rings is 1. The van der Waals surface area contributed by atoms with Crippen molar-refractivity contribution in [2.75, 3.05) is 20.1 Å². The second-order valence-electron chi connectivity index (χ2n) is 7.55. The first-order chi connectivity index (χ1) is 10.3. The molecule has 2 fully saturated rings. The SMILES string of the molecule is CN1CCC(OC(C2CC=CCC2)C2CCCCC2)CC1. The van der Waals surface area contributed by atoms with Gasteiger partial charge in [0.1, 0.15) is 0 Å². The highest BCUT2D eigenvalue weighted by molar-refractivity contribution is 4.95. The normalized spacial score (nSPS) is 31.4. The fourth-order valence-electron chi connectivity index (χ4n) is 4.53. The van der Waals surface area contributed by atoms with Gasteiger partial charge in [0.2, 0.25) is 0 Å². The van der Waals surface area contributed by atoms with Gasteiger partial charge in [-0.05, 0) is 63.8 Å². The Bertz CT molecular complexity index is 326. The number of likely N-dealkylation sites (tertiary alicyclic amines) is 1. The molecule has 1 saturated carbocycles. The highest BCUT2D eigenvalue weighted by atomic mass is 16.5. The largest absolute Gasteiger partial charge is 0.374 e. The number of allylic oxidation sites excluding steroid dienone is 2. The Balaban J connectivity index is 1.61. The highest BCUT2D eigenvalue weighted by Gasteiger charge is 2.33. The van der Waals surface area contributed by atoms with Crippen molar-refractivity contribution in [2.24, 2.45) is 11.8 Å². The molecule has 0 radical (unpaired) electrons. The Kier molecular flexibility index (Phi) is 5.76. The molecule has 2 aliphatic carbocycles. The minimum Gasteiger partial charge on any atom is -0.374 e. The first-order valence-corrected chi connectivity index (χ1v) is 9.32. The molecule has 0 N–H and O–H groups in total. The van der Waals surface area contributed by atoms with Crippen molar-refractivity contribution in [3.8, 4) is 0 Å². The summed E-state index contributed by atoms with van der Waals surface area (Å²) in [6.07, 6.45) is 19.3. The molecule has 0 aromatic rings. The lowest BCUT2D eigenvalue weighted by atomic mass is 9.76. The van der Waals surface area contributed by atoms with Gasteiger partial charge in [-0.15, -0.1) is 0 Å². The van der Waals surface area contributed by atoms with Crippen LogP contribution in [-0.2, 0) is 4.74 Å². The van der Waals surface area contributed by atoms with Crippen LogP contribution in [0.4, 0.5) is 0 Å². The van der Waals surface area contributed by atoms with Gasteiger partial charge >= 0.3 is 0 Å². The first-order valence-electron chi connectivity index (χ1n) is 9.32. The third kappa shape index (κ3) is 4.32. The summed E-state index contributed by atoms with van der Waals surface area (Å²) in [4.78, 5) is 2.44. The van der Waals surface area contributed by atoms with Crippen molar-refractivity contribution in [1.29, 1.82) is 0 Å². The predicted molar refractivity (Wildman–Crippen MR) is 88.4 cm³/mol. The van der Waals surface area contributed by atoms with E-state index < -0.39 is 0 Å². The highest BCUT2D eigenvalue weighted by Crippen LogP contribution is 2.37. The van der Waals surface area contributed by atoms with E-state index in [1.807, 2.05) is 0 Å². The minimum atomic E-state index is 0.527. The molecule has 1 heterocycles. The predicted octanol–water partition coefficient (Wildman–Crippen LogP) is 4.40. The van der Waals surface area contributed by atoms with E-state index in [9.17, 15) is 0 Å². The van der Waals surface area contributed by atoms with Crippen molar-refractivity contribution in [3.63, 3.8) is 0 Å². The van der Waals surface area contributed by atoms with E-state index >= 15 is 0 Å². The van der Waals surface area contributed by atoms with Gasteiger partial charge in [-0.3, -0.25) is 0 Å². The van der Waals surface area contributed by atoms with Crippen LogP contribution in [0.5, 0.6) is 0 Å². The molecular weight excluding hydrogens is 258 g/mol. The van der Waals surface area contributed by atoms with Crippen LogP contribution in [-0.4, -0.2) is 37.2 Å². The number of hydrogen-bond acceptors (Lipinski definition) is 2. The monoisotopic (exact) mass is 291 g/mol. The third-order valence-electron chi connectivity index (χ3n) is 5.90. The average molecular weight is 291 g/mol. The van der Waals surface area contributed by atoms with Crippen LogP contribution in [0.15, 0.2) is 12.2 Å². The van der Waals surface area contributed by atoms with E-state index in [0.29, 0.717) is 12.2 Å². The average Bonchev–Trinajstić information content (AvgIpc) is 2.56. The second kappa shape index (κ2) is 7.78. The minimum absolute atomic E-state index is 0.527. The number of nitrogens with zero attached hydrogens (tertiary/aromatic N) is 1. The standard InChI is InChI=1S/C19H33NO/c1-20-14-12-18(13-15-20)21-19(16-8-4-2-5-9-16)17-10-6-3-7-11-17/h2,4,16-19H,3,5-15H2,1H3. The molecule has 0 spiro atoms. The molecule has 0 aromatic heterocycles. The van der Waals surface area contributed by atoms with E-state index in [0.717, 1.165) is 11.8 Å². The van der Waals surface area contributed by atoms with Crippen LogP contribution in [0.25, 0.3) is 0 Å². The molecule has 0 bridgehead atoms. The van der Waals surface area contributed by atoms with Crippen molar-refractivity contribution in [3.05, 3.63) is 12.2 Å². The third-order valence-corrected chi connectivity index (χ3v) is 5.90. The molecule has 2 unspecified atom stereocenters. The van der Waals surface area contributed by atoms with E-state index in [2.05, 4.69) is 24.1 Å². The maximum atomic E-state index is 6.76. The zero-order chi connectivity index (χ0) is 14.5. The molecular formula is C19H33NO. The lowest BCUT2D eigenvalue weighted by Crippen LogP contribution is -2.41. The number of hydrogen-bond donors (Lipinski definition) is 0. The Labute approximate surface area is 130 Å². The van der Waals surface area contributed by atoms with Crippen molar-refractivity contribution in [1.82, 2.24) is 4.90 Å². The van der Waals surface area contributed by atoms with Gasteiger partial charge in [-0.2, -0.15) is 0 Å². The summed E-state index contributed by atoms with van der Waals surface area (Å²) in [6, 6.07) is 0. The van der Waals surface area contributed by atoms with Crippen LogP contribution in [0, 0.1) is 11.8 Å². The van der Waals surface area contributed by atoms with Crippen LogP contribution < -0.4 is 0 Å². The smallest absolute Gasteiger partial charge is 0.0638 e. The van der Waals surface area contributed by atoms with Gasteiger partial charge in [-0.1, -0.05) is 31.4 Å².